The predicted molar refractivity (Wildman–Crippen MR) is 79.5 cm³/mol. The second-order valence-electron chi connectivity index (χ2n) is 5.45. The number of carbonyl (C=O) groups excluding carboxylic acids is 1. The molecule has 2 amide bonds. The van der Waals surface area contributed by atoms with Crippen LogP contribution >= 0.6 is 0 Å². The van der Waals surface area contributed by atoms with Crippen molar-refractivity contribution in [3.05, 3.63) is 0 Å². The quantitative estimate of drug-likeness (QED) is 0.445. The van der Waals surface area contributed by atoms with Gasteiger partial charge in [-0.1, -0.05) is 0 Å². The predicted octanol–water partition coefficient (Wildman–Crippen LogP) is -0.210. The molecule has 20 heavy (non-hydrogen) atoms. The number of amides is 2. The van der Waals surface area contributed by atoms with Crippen molar-refractivity contribution < 1.29 is 14.3 Å². The van der Waals surface area contributed by atoms with Gasteiger partial charge < -0.3 is 31.6 Å². The minimum Gasteiger partial charge on any atom is -0.378 e. The fourth-order valence-corrected chi connectivity index (χ4v) is 1.43. The first-order valence-corrected chi connectivity index (χ1v) is 7.05. The average Bonchev–Trinajstić information content (AvgIpc) is 2.26. The van der Waals surface area contributed by atoms with Crippen molar-refractivity contribution in [2.45, 2.75) is 51.9 Å². The molecule has 4 unspecified atom stereocenters. The fraction of sp³-hybridized carbons (Fsp3) is 0.923. The van der Waals surface area contributed by atoms with Crippen LogP contribution < -0.4 is 22.1 Å². The first-order chi connectivity index (χ1) is 9.31. The molecule has 7 heteroatoms. The van der Waals surface area contributed by atoms with Gasteiger partial charge in [0.05, 0.1) is 38.5 Å². The average molecular weight is 290 g/mol. The second-order valence-corrected chi connectivity index (χ2v) is 5.45. The molecular weight excluding hydrogens is 260 g/mol. The third-order valence-corrected chi connectivity index (χ3v) is 2.25. The van der Waals surface area contributed by atoms with E-state index in [1.54, 1.807) is 0 Å². The van der Waals surface area contributed by atoms with Crippen LogP contribution in [0.15, 0.2) is 0 Å². The number of nitrogens with one attached hydrogen (secondary N) is 2. The summed E-state index contributed by atoms with van der Waals surface area (Å²) in [7, 11) is 0. The second kappa shape index (κ2) is 10.8. The van der Waals surface area contributed by atoms with Crippen LogP contribution in [0.4, 0.5) is 4.79 Å². The van der Waals surface area contributed by atoms with Crippen LogP contribution in [0.25, 0.3) is 0 Å². The zero-order valence-corrected chi connectivity index (χ0v) is 13.0. The fourth-order valence-electron chi connectivity index (χ4n) is 1.43. The maximum absolute atomic E-state index is 11.7. The molecule has 0 spiro atoms. The van der Waals surface area contributed by atoms with E-state index in [9.17, 15) is 4.79 Å². The number of carbonyl (C=O) groups is 1. The topological polar surface area (TPSA) is 112 Å². The van der Waals surface area contributed by atoms with E-state index in [-0.39, 0.29) is 30.2 Å². The molecule has 0 fully saturated rings. The van der Waals surface area contributed by atoms with Gasteiger partial charge in [0.15, 0.2) is 0 Å². The van der Waals surface area contributed by atoms with Gasteiger partial charge in [-0.25, -0.2) is 4.79 Å². The molecule has 0 rings (SSSR count). The lowest BCUT2D eigenvalue weighted by atomic mass is 10.3. The highest BCUT2D eigenvalue weighted by atomic mass is 16.5. The number of hydrogen-bond donors (Lipinski definition) is 4. The Bertz CT molecular complexity index is 238. The van der Waals surface area contributed by atoms with Crippen LogP contribution in [0, 0.1) is 0 Å². The first kappa shape index (κ1) is 19.1. The van der Waals surface area contributed by atoms with Crippen molar-refractivity contribution in [2.75, 3.05) is 26.4 Å². The monoisotopic (exact) mass is 290 g/mol. The maximum atomic E-state index is 11.7. The Kier molecular flexibility index (Phi) is 10.4. The van der Waals surface area contributed by atoms with E-state index >= 15 is 0 Å². The molecule has 0 saturated carbocycles. The van der Waals surface area contributed by atoms with Crippen LogP contribution in [0.5, 0.6) is 0 Å². The Morgan fingerprint density at radius 2 is 1.20 bits per heavy atom. The Balaban J connectivity index is 3.69. The molecule has 0 radical (unpaired) electrons. The summed E-state index contributed by atoms with van der Waals surface area (Å²) in [5.41, 5.74) is 11.1. The maximum Gasteiger partial charge on any atom is 0.315 e. The van der Waals surface area contributed by atoms with E-state index in [2.05, 4.69) is 10.6 Å². The van der Waals surface area contributed by atoms with Crippen LogP contribution in [0.1, 0.15) is 27.7 Å². The molecule has 6 N–H and O–H groups in total. The van der Waals surface area contributed by atoms with Crippen molar-refractivity contribution in [2.24, 2.45) is 11.5 Å². The van der Waals surface area contributed by atoms with E-state index in [0.717, 1.165) is 0 Å². The van der Waals surface area contributed by atoms with Crippen molar-refractivity contribution in [1.82, 2.24) is 10.6 Å². The van der Waals surface area contributed by atoms with Crippen LogP contribution in [0.2, 0.25) is 0 Å². The summed E-state index contributed by atoms with van der Waals surface area (Å²) in [6.07, 6.45) is 0. The molecule has 0 aliphatic carbocycles. The summed E-state index contributed by atoms with van der Waals surface area (Å²) >= 11 is 0. The van der Waals surface area contributed by atoms with E-state index in [4.69, 9.17) is 20.9 Å². The lowest BCUT2D eigenvalue weighted by Crippen LogP contribution is -2.47. The van der Waals surface area contributed by atoms with E-state index < -0.39 is 0 Å². The number of nitrogens with two attached hydrogens (primary N) is 2. The van der Waals surface area contributed by atoms with Gasteiger partial charge in [0.2, 0.25) is 0 Å². The van der Waals surface area contributed by atoms with Gasteiger partial charge in [-0.05, 0) is 27.7 Å². The van der Waals surface area contributed by atoms with Gasteiger partial charge in [0.25, 0.3) is 0 Å². The Morgan fingerprint density at radius 3 is 1.50 bits per heavy atom. The Hall–Kier alpha value is -0.890. The smallest absolute Gasteiger partial charge is 0.315 e. The van der Waals surface area contributed by atoms with Gasteiger partial charge in [-0.2, -0.15) is 0 Å². The molecule has 7 nitrogen and oxygen atoms in total. The van der Waals surface area contributed by atoms with Crippen molar-refractivity contribution in [3.63, 3.8) is 0 Å². The molecule has 120 valence electrons. The SMILES string of the molecule is CC(N)COCC(C)NC(=O)NC(C)COCC(C)N. The summed E-state index contributed by atoms with van der Waals surface area (Å²) in [6, 6.07) is -0.396. The van der Waals surface area contributed by atoms with E-state index in [1.807, 2.05) is 27.7 Å². The van der Waals surface area contributed by atoms with Crippen molar-refractivity contribution in [1.29, 1.82) is 0 Å². The number of urea groups is 1. The molecule has 0 aliphatic heterocycles. The van der Waals surface area contributed by atoms with Crippen molar-refractivity contribution in [3.8, 4) is 0 Å². The molecule has 0 aliphatic rings. The molecule has 0 saturated heterocycles. The highest BCUT2D eigenvalue weighted by Crippen LogP contribution is 1.89. The number of rotatable bonds is 10. The number of ether oxygens (including phenoxy) is 2. The molecule has 0 aromatic carbocycles. The normalized spacial score (nSPS) is 17.1. The van der Waals surface area contributed by atoms with Gasteiger partial charge in [0, 0.05) is 12.1 Å². The zero-order valence-electron chi connectivity index (χ0n) is 13.0. The van der Waals surface area contributed by atoms with Crippen molar-refractivity contribution >= 4 is 6.03 Å². The van der Waals surface area contributed by atoms with E-state index in [0.29, 0.717) is 26.4 Å². The van der Waals surface area contributed by atoms with E-state index in [1.165, 1.54) is 0 Å². The molecule has 0 heterocycles. The minimum atomic E-state index is -0.237. The molecule has 0 aromatic heterocycles. The third kappa shape index (κ3) is 12.2. The highest BCUT2D eigenvalue weighted by molar-refractivity contribution is 5.74. The lowest BCUT2D eigenvalue weighted by Gasteiger charge is -2.19. The zero-order chi connectivity index (χ0) is 15.5. The summed E-state index contributed by atoms with van der Waals surface area (Å²) in [5.74, 6) is 0. The Morgan fingerprint density at radius 1 is 0.850 bits per heavy atom. The van der Waals surface area contributed by atoms with Crippen LogP contribution in [-0.2, 0) is 9.47 Å². The first-order valence-electron chi connectivity index (χ1n) is 7.05. The molecule has 0 bridgehead atoms. The number of hydrogen-bond acceptors (Lipinski definition) is 5. The van der Waals surface area contributed by atoms with Crippen LogP contribution in [-0.4, -0.2) is 56.6 Å². The van der Waals surface area contributed by atoms with Gasteiger partial charge in [-0.15, -0.1) is 0 Å². The summed E-state index contributed by atoms with van der Waals surface area (Å²) in [5, 5.41) is 5.58. The van der Waals surface area contributed by atoms with Gasteiger partial charge in [-0.3, -0.25) is 0 Å². The summed E-state index contributed by atoms with van der Waals surface area (Å²) < 4.78 is 10.7. The summed E-state index contributed by atoms with van der Waals surface area (Å²) in [4.78, 5) is 11.7. The van der Waals surface area contributed by atoms with Gasteiger partial charge >= 0.3 is 6.03 Å². The minimum absolute atomic E-state index is 0.00173. The Labute approximate surface area is 121 Å². The highest BCUT2D eigenvalue weighted by Gasteiger charge is 2.11. The van der Waals surface area contributed by atoms with Gasteiger partial charge in [0.1, 0.15) is 0 Å². The van der Waals surface area contributed by atoms with Crippen LogP contribution in [0.3, 0.4) is 0 Å². The summed E-state index contributed by atoms with van der Waals surface area (Å²) in [6.45, 7) is 9.32. The molecule has 0 aromatic rings. The largest absolute Gasteiger partial charge is 0.378 e. The standard InChI is InChI=1S/C13H30N4O3/c1-9(14)5-19-7-11(3)16-13(18)17-12(4)8-20-6-10(2)15/h9-12H,5-8,14-15H2,1-4H3,(H2,16,17,18). The molecule has 4 atom stereocenters. The lowest BCUT2D eigenvalue weighted by molar-refractivity contribution is 0.103. The third-order valence-electron chi connectivity index (χ3n) is 2.25. The molecular formula is C13H30N4O3.